The van der Waals surface area contributed by atoms with Crippen molar-refractivity contribution in [3.63, 3.8) is 0 Å². The van der Waals surface area contributed by atoms with Crippen molar-refractivity contribution >= 4 is 60.4 Å². The monoisotopic (exact) mass is 757 g/mol. The fraction of sp³-hybridized carbons (Fsp3) is 0.0175. The van der Waals surface area contributed by atoms with Gasteiger partial charge in [-0.1, -0.05) is 176 Å². The van der Waals surface area contributed by atoms with E-state index in [2.05, 4.69) is 41.0 Å². The minimum atomic E-state index is -1.59. The van der Waals surface area contributed by atoms with Crippen LogP contribution in [-0.2, 0) is 5.41 Å². The molecule has 10 aromatic carbocycles. The van der Waals surface area contributed by atoms with Crippen LogP contribution in [0.4, 0.5) is 17.1 Å². The van der Waals surface area contributed by atoms with Crippen molar-refractivity contribution in [1.82, 2.24) is 4.57 Å². The second-order valence-electron chi connectivity index (χ2n) is 15.3. The van der Waals surface area contributed by atoms with Gasteiger partial charge in [0.2, 0.25) is 0 Å². The molecule has 13 rings (SSSR count). The molecular formula is C57H36N2. The summed E-state index contributed by atoms with van der Waals surface area (Å²) >= 11 is 0. The van der Waals surface area contributed by atoms with E-state index in [-0.39, 0.29) is 70.5 Å². The summed E-state index contributed by atoms with van der Waals surface area (Å²) in [6.07, 6.45) is 0. The summed E-state index contributed by atoms with van der Waals surface area (Å²) in [6, 6.07) is 50.6. The van der Waals surface area contributed by atoms with Gasteiger partial charge in [-0.2, -0.15) is 0 Å². The molecule has 2 aliphatic carbocycles. The summed E-state index contributed by atoms with van der Waals surface area (Å²) in [7, 11) is 0. The normalized spacial score (nSPS) is 17.0. The summed E-state index contributed by atoms with van der Waals surface area (Å²) < 4.78 is 89.5. The molecule has 0 fully saturated rings. The van der Waals surface area contributed by atoms with E-state index >= 15 is 0 Å². The molecule has 0 aliphatic heterocycles. The van der Waals surface area contributed by atoms with Crippen LogP contribution in [0.25, 0.3) is 71.3 Å². The number of anilines is 3. The summed E-state index contributed by atoms with van der Waals surface area (Å²) in [5.41, 5.74) is 6.20. The van der Waals surface area contributed by atoms with Crippen LogP contribution in [0, 0.1) is 0 Å². The van der Waals surface area contributed by atoms with Crippen LogP contribution in [0.5, 0.6) is 0 Å². The highest BCUT2D eigenvalue weighted by Gasteiger charge is 2.50. The molecule has 274 valence electrons. The summed E-state index contributed by atoms with van der Waals surface area (Å²) in [4.78, 5) is 1.94. The first-order chi connectivity index (χ1) is 33.0. The molecule has 2 nitrogen and oxygen atoms in total. The molecule has 0 saturated heterocycles. The Kier molecular flexibility index (Phi) is 5.12. The first-order valence-corrected chi connectivity index (χ1v) is 19.8. The first-order valence-electron chi connectivity index (χ1n) is 24.3. The van der Waals surface area contributed by atoms with Crippen molar-refractivity contribution < 1.29 is 12.3 Å². The molecule has 0 bridgehead atoms. The number of rotatable bonds is 4. The van der Waals surface area contributed by atoms with E-state index < -0.39 is 11.5 Å². The van der Waals surface area contributed by atoms with Crippen molar-refractivity contribution in [3.8, 4) is 27.9 Å². The van der Waals surface area contributed by atoms with Crippen molar-refractivity contribution in [2.75, 3.05) is 4.90 Å². The number of hydrogen-bond acceptors (Lipinski definition) is 1. The van der Waals surface area contributed by atoms with E-state index in [4.69, 9.17) is 2.74 Å². The second kappa shape index (κ2) is 12.2. The van der Waals surface area contributed by atoms with Gasteiger partial charge >= 0.3 is 0 Å². The average molecular weight is 758 g/mol. The topological polar surface area (TPSA) is 8.17 Å². The fourth-order valence-corrected chi connectivity index (χ4v) is 10.1. The number of aromatic nitrogens is 1. The molecule has 0 radical (unpaired) electrons. The van der Waals surface area contributed by atoms with E-state index in [0.29, 0.717) is 50.1 Å². The molecule has 1 heterocycles. The van der Waals surface area contributed by atoms with Gasteiger partial charge in [0, 0.05) is 32.9 Å². The van der Waals surface area contributed by atoms with Crippen molar-refractivity contribution in [2.45, 2.75) is 5.41 Å². The lowest BCUT2D eigenvalue weighted by atomic mass is 9.61. The Morgan fingerprint density at radius 1 is 0.407 bits per heavy atom. The fourth-order valence-electron chi connectivity index (χ4n) is 10.1. The first kappa shape index (κ1) is 24.8. The lowest BCUT2D eigenvalue weighted by molar-refractivity contribution is 0.773. The smallest absolute Gasteiger partial charge is 0.0725 e. The molecule has 0 amide bonds. The Bertz CT molecular complexity index is 4040. The van der Waals surface area contributed by atoms with Gasteiger partial charge in [0.05, 0.1) is 40.2 Å². The quantitative estimate of drug-likeness (QED) is 0.174. The molecule has 59 heavy (non-hydrogen) atoms. The number of fused-ring (bicyclic) bond motifs is 13. The molecule has 0 N–H and O–H groups in total. The standard InChI is InChI=1S/C57H36N2/c1-2-18-38(19-3-1)58-53-30-13-9-24-44(53)45-33-32-39(36-55(45)58)59(52-31-14-17-37-16-4-5-20-40(37)52)54-35-34-51-56-46(25-15-26-47(54)56)43-23-8-12-29-50(43)57(51)48-27-10-6-21-41(48)42-22-7-11-28-49(42)57/h1-36H/i6D,10D,15D,21D,25D,26D,27D,34D,35D. The molecule has 1 aromatic heterocycles. The Hall–Kier alpha value is -7.68. The zero-order chi connectivity index (χ0) is 46.5. The second-order valence-corrected chi connectivity index (χ2v) is 15.3. The van der Waals surface area contributed by atoms with Crippen LogP contribution in [0.2, 0.25) is 0 Å². The largest absolute Gasteiger partial charge is 0.309 e. The maximum absolute atomic E-state index is 10.5. The number of benzene rings is 10. The van der Waals surface area contributed by atoms with E-state index in [1.165, 1.54) is 0 Å². The molecule has 0 saturated carbocycles. The Balaban J connectivity index is 1.24. The third-order valence-corrected chi connectivity index (χ3v) is 12.5. The van der Waals surface area contributed by atoms with Gasteiger partial charge in [-0.25, -0.2) is 0 Å². The SMILES string of the molecule is [2H]c1c([2H])c([2H])c2c(c1[2H])-c1ccccc1C21c2ccccc2-c2c([2H])c([2H])c([2H])c3c(N(c4ccc5c6ccccc6n(-c6ccccc6)c5c4)c4cccc5ccccc45)c([2H])c([2H])c1c23. The molecule has 2 aliphatic rings. The van der Waals surface area contributed by atoms with Crippen LogP contribution in [0.15, 0.2) is 218 Å². The van der Waals surface area contributed by atoms with E-state index in [0.717, 1.165) is 38.3 Å². The third kappa shape index (κ3) is 4.30. The highest BCUT2D eigenvalue weighted by Crippen LogP contribution is 2.62. The summed E-state index contributed by atoms with van der Waals surface area (Å²) in [5, 5.41) is 4.35. The van der Waals surface area contributed by atoms with Gasteiger partial charge in [0.25, 0.3) is 0 Å². The lowest BCUT2D eigenvalue weighted by Crippen LogP contribution is -2.32. The Morgan fingerprint density at radius 2 is 1.08 bits per heavy atom. The molecule has 2 heteroatoms. The van der Waals surface area contributed by atoms with Crippen LogP contribution in [0.1, 0.15) is 34.6 Å². The van der Waals surface area contributed by atoms with Crippen LogP contribution < -0.4 is 4.90 Å². The molecule has 1 atom stereocenters. The predicted molar refractivity (Wildman–Crippen MR) is 247 cm³/mol. The zero-order valence-corrected chi connectivity index (χ0v) is 31.5. The van der Waals surface area contributed by atoms with Crippen molar-refractivity contribution in [1.29, 1.82) is 0 Å². The van der Waals surface area contributed by atoms with Crippen LogP contribution in [-0.4, -0.2) is 4.57 Å². The lowest BCUT2D eigenvalue weighted by Gasteiger charge is -2.40. The predicted octanol–water partition coefficient (Wildman–Crippen LogP) is 14.9. The van der Waals surface area contributed by atoms with E-state index in [1.54, 1.807) is 0 Å². The van der Waals surface area contributed by atoms with Gasteiger partial charge in [-0.05, 0) is 97.7 Å². The van der Waals surface area contributed by atoms with E-state index in [1.807, 2.05) is 132 Å². The molecular weight excluding hydrogens is 713 g/mol. The van der Waals surface area contributed by atoms with E-state index in [9.17, 15) is 9.60 Å². The number of nitrogens with zero attached hydrogens (tertiary/aromatic N) is 2. The van der Waals surface area contributed by atoms with Gasteiger partial charge in [-0.3, -0.25) is 0 Å². The van der Waals surface area contributed by atoms with Gasteiger partial charge in [0.15, 0.2) is 0 Å². The minimum absolute atomic E-state index is 0.183. The van der Waals surface area contributed by atoms with Gasteiger partial charge in [0.1, 0.15) is 0 Å². The summed E-state index contributed by atoms with van der Waals surface area (Å²) in [6.45, 7) is 0. The molecule has 1 unspecified atom stereocenters. The Labute approximate surface area is 355 Å². The minimum Gasteiger partial charge on any atom is -0.309 e. The van der Waals surface area contributed by atoms with Crippen LogP contribution in [0.3, 0.4) is 0 Å². The van der Waals surface area contributed by atoms with Gasteiger partial charge < -0.3 is 9.47 Å². The highest BCUT2D eigenvalue weighted by atomic mass is 15.1. The highest BCUT2D eigenvalue weighted by molar-refractivity contribution is 6.15. The maximum Gasteiger partial charge on any atom is 0.0725 e. The van der Waals surface area contributed by atoms with Crippen LogP contribution >= 0.6 is 0 Å². The van der Waals surface area contributed by atoms with Crippen molar-refractivity contribution in [3.05, 3.63) is 240 Å². The third-order valence-electron chi connectivity index (χ3n) is 12.5. The van der Waals surface area contributed by atoms with Crippen molar-refractivity contribution in [2.24, 2.45) is 0 Å². The zero-order valence-electron chi connectivity index (χ0n) is 40.5. The Morgan fingerprint density at radius 3 is 1.95 bits per heavy atom. The molecule has 11 aromatic rings. The number of hydrogen-bond donors (Lipinski definition) is 0. The maximum atomic E-state index is 10.5. The molecule has 1 spiro atoms. The van der Waals surface area contributed by atoms with Gasteiger partial charge in [-0.15, -0.1) is 0 Å². The average Bonchev–Trinajstić information content (AvgIpc) is 3.86. The summed E-state index contributed by atoms with van der Waals surface area (Å²) in [5.74, 6) is 0. The number of para-hydroxylation sites is 2.